The average Bonchev–Trinajstić information content (AvgIpc) is 3.70. The van der Waals surface area contributed by atoms with Gasteiger partial charge in [0.05, 0.1) is 35.2 Å². The molecular formula is C27H25F3N6O7. The van der Waals surface area contributed by atoms with Crippen LogP contribution in [0.2, 0.25) is 0 Å². The molecule has 2 amide bonds. The molecule has 2 aliphatic rings. The fraction of sp³-hybridized carbons (Fsp3) is 0.370. The number of rotatable bonds is 5. The maximum Gasteiger partial charge on any atom is 0.437 e. The molecule has 2 saturated heterocycles. The van der Waals surface area contributed by atoms with Crippen molar-refractivity contribution >= 4 is 17.5 Å². The molecule has 3 aromatic heterocycles. The van der Waals surface area contributed by atoms with E-state index in [-0.39, 0.29) is 85.0 Å². The van der Waals surface area contributed by atoms with Gasteiger partial charge in [-0.25, -0.2) is 9.97 Å². The Hall–Kier alpha value is -4.70. The number of ether oxygens (including phenoxy) is 2. The maximum absolute atomic E-state index is 13.3. The van der Waals surface area contributed by atoms with Gasteiger partial charge in [0, 0.05) is 51.1 Å². The zero-order chi connectivity index (χ0) is 30.5. The zero-order valence-corrected chi connectivity index (χ0v) is 22.6. The molecule has 226 valence electrons. The number of carbonyl (C=O) groups is 2. The SMILES string of the molecule is C[C@@]1(O)CO[C@H](C(=O)N2CCN(C(=O)c3ccc(Oc4nccn5c(-c6conc6C(F)(F)F)cnc45)cc3O)CC2)C1. The number of nitrogens with zero attached hydrogens (tertiary/aromatic N) is 6. The number of piperazine rings is 1. The first-order valence-corrected chi connectivity index (χ1v) is 13.2. The van der Waals surface area contributed by atoms with Gasteiger partial charge in [-0.05, 0) is 19.1 Å². The lowest BCUT2D eigenvalue weighted by atomic mass is 10.0. The van der Waals surface area contributed by atoms with E-state index in [2.05, 4.69) is 19.6 Å². The fourth-order valence-electron chi connectivity index (χ4n) is 5.12. The van der Waals surface area contributed by atoms with Crippen molar-refractivity contribution in [1.29, 1.82) is 0 Å². The summed E-state index contributed by atoms with van der Waals surface area (Å²) in [6.07, 6.45) is -0.486. The molecule has 2 N–H and O–H groups in total. The summed E-state index contributed by atoms with van der Waals surface area (Å²) < 4.78 is 57.1. The predicted molar refractivity (Wildman–Crippen MR) is 139 cm³/mol. The Morgan fingerprint density at radius 3 is 2.56 bits per heavy atom. The van der Waals surface area contributed by atoms with Crippen LogP contribution in [0.4, 0.5) is 13.2 Å². The number of amides is 2. The Morgan fingerprint density at radius 1 is 1.14 bits per heavy atom. The van der Waals surface area contributed by atoms with Crippen molar-refractivity contribution in [3.63, 3.8) is 0 Å². The van der Waals surface area contributed by atoms with Crippen LogP contribution >= 0.6 is 0 Å². The quantitative estimate of drug-likeness (QED) is 0.348. The van der Waals surface area contributed by atoms with Crippen molar-refractivity contribution in [3.8, 4) is 28.6 Å². The summed E-state index contributed by atoms with van der Waals surface area (Å²) >= 11 is 0. The number of phenols is 1. The minimum absolute atomic E-state index is 0.0173. The van der Waals surface area contributed by atoms with E-state index in [0.29, 0.717) is 0 Å². The van der Waals surface area contributed by atoms with Crippen LogP contribution in [0.5, 0.6) is 17.4 Å². The van der Waals surface area contributed by atoms with E-state index in [1.54, 1.807) is 11.8 Å². The van der Waals surface area contributed by atoms with E-state index < -0.39 is 29.5 Å². The first-order chi connectivity index (χ1) is 20.4. The number of hydrogen-bond donors (Lipinski definition) is 2. The largest absolute Gasteiger partial charge is 0.507 e. The van der Waals surface area contributed by atoms with Crippen molar-refractivity contribution in [3.05, 3.63) is 54.3 Å². The summed E-state index contributed by atoms with van der Waals surface area (Å²) in [6, 6.07) is 4.03. The third-order valence-electron chi connectivity index (χ3n) is 7.30. The third-order valence-corrected chi connectivity index (χ3v) is 7.30. The van der Waals surface area contributed by atoms with E-state index in [1.165, 1.54) is 46.1 Å². The molecule has 2 fully saturated rings. The van der Waals surface area contributed by atoms with Gasteiger partial charge in [-0.1, -0.05) is 5.16 Å². The minimum Gasteiger partial charge on any atom is -0.507 e. The molecule has 13 nitrogen and oxygen atoms in total. The lowest BCUT2D eigenvalue weighted by molar-refractivity contribution is -0.143. The van der Waals surface area contributed by atoms with E-state index in [9.17, 15) is 33.0 Å². The number of hydrogen-bond acceptors (Lipinski definition) is 10. The highest BCUT2D eigenvalue weighted by Crippen LogP contribution is 2.37. The molecule has 0 bridgehead atoms. The Kier molecular flexibility index (Phi) is 6.96. The van der Waals surface area contributed by atoms with Crippen molar-refractivity contribution in [2.75, 3.05) is 32.8 Å². The highest BCUT2D eigenvalue weighted by atomic mass is 19.4. The van der Waals surface area contributed by atoms with Crippen molar-refractivity contribution in [2.24, 2.45) is 0 Å². The van der Waals surface area contributed by atoms with Crippen LogP contribution in [-0.2, 0) is 15.7 Å². The number of alkyl halides is 3. The molecule has 6 rings (SSSR count). The fourth-order valence-corrected chi connectivity index (χ4v) is 5.12. The van der Waals surface area contributed by atoms with Crippen LogP contribution in [0.25, 0.3) is 16.9 Å². The smallest absolute Gasteiger partial charge is 0.437 e. The molecule has 0 unspecified atom stereocenters. The van der Waals surface area contributed by atoms with Crippen molar-refractivity contribution in [1.82, 2.24) is 29.3 Å². The monoisotopic (exact) mass is 602 g/mol. The standard InChI is InChI=1S/C27H25F3N6O7/c1-26(40)11-20(41-14-26)25(39)35-8-6-34(7-9-35)24(38)16-3-2-15(10-19(16)37)43-23-22-32-12-18(36(22)5-4-31-23)17-13-42-33-21(17)27(28,29)30/h2-5,10,12-13,20,37,40H,6-9,11,14H2,1H3/t20-,26-/m0/s1. The van der Waals surface area contributed by atoms with E-state index in [1.807, 2.05) is 0 Å². The molecule has 0 saturated carbocycles. The molecule has 1 aromatic carbocycles. The summed E-state index contributed by atoms with van der Waals surface area (Å²) in [4.78, 5) is 37.2. The first-order valence-electron chi connectivity index (χ1n) is 13.2. The Labute approximate surface area is 241 Å². The van der Waals surface area contributed by atoms with Gasteiger partial charge in [0.25, 0.3) is 17.7 Å². The predicted octanol–water partition coefficient (Wildman–Crippen LogP) is 2.73. The second-order valence-corrected chi connectivity index (χ2v) is 10.5. The summed E-state index contributed by atoms with van der Waals surface area (Å²) in [5.74, 6) is -1.00. The number of carbonyl (C=O) groups excluding carboxylic acids is 2. The number of fused-ring (bicyclic) bond motifs is 1. The Bertz CT molecular complexity index is 1690. The number of imidazole rings is 1. The van der Waals surface area contributed by atoms with Crippen LogP contribution < -0.4 is 4.74 Å². The summed E-state index contributed by atoms with van der Waals surface area (Å²) in [6.45, 7) is 2.72. The van der Waals surface area contributed by atoms with Gasteiger partial charge in [0.1, 0.15) is 23.9 Å². The number of phenolic OH excluding ortho intramolecular Hbond substituents is 1. The molecule has 2 aliphatic heterocycles. The third kappa shape index (κ3) is 5.46. The van der Waals surface area contributed by atoms with Crippen LogP contribution in [0.15, 0.2) is 47.6 Å². The lowest BCUT2D eigenvalue weighted by Crippen LogP contribution is -2.53. The van der Waals surface area contributed by atoms with Crippen LogP contribution in [0.1, 0.15) is 29.4 Å². The van der Waals surface area contributed by atoms with Gasteiger partial charge in [0.2, 0.25) is 5.65 Å². The number of halogens is 3. The van der Waals surface area contributed by atoms with E-state index >= 15 is 0 Å². The van der Waals surface area contributed by atoms with Gasteiger partial charge in [-0.2, -0.15) is 13.2 Å². The van der Waals surface area contributed by atoms with Gasteiger partial charge >= 0.3 is 6.18 Å². The molecule has 0 aliphatic carbocycles. The highest BCUT2D eigenvalue weighted by Gasteiger charge is 2.41. The average molecular weight is 603 g/mol. The summed E-state index contributed by atoms with van der Waals surface area (Å²) in [7, 11) is 0. The van der Waals surface area contributed by atoms with Crippen LogP contribution in [0.3, 0.4) is 0 Å². The molecule has 0 spiro atoms. The van der Waals surface area contributed by atoms with E-state index in [0.717, 1.165) is 6.26 Å². The molecule has 2 atom stereocenters. The van der Waals surface area contributed by atoms with Crippen molar-refractivity contribution < 1.29 is 47.0 Å². The number of aliphatic hydroxyl groups is 1. The van der Waals surface area contributed by atoms with Gasteiger partial charge in [0.15, 0.2) is 5.69 Å². The van der Waals surface area contributed by atoms with Crippen molar-refractivity contribution in [2.45, 2.75) is 31.2 Å². The summed E-state index contributed by atoms with van der Waals surface area (Å²) in [5.41, 5.74) is -2.42. The summed E-state index contributed by atoms with van der Waals surface area (Å²) in [5, 5.41) is 23.8. The highest BCUT2D eigenvalue weighted by molar-refractivity contribution is 5.97. The second-order valence-electron chi connectivity index (χ2n) is 10.5. The molecule has 16 heteroatoms. The Balaban J connectivity index is 1.14. The number of benzene rings is 1. The second kappa shape index (κ2) is 10.5. The lowest BCUT2D eigenvalue weighted by Gasteiger charge is -2.35. The van der Waals surface area contributed by atoms with Gasteiger partial charge in [-0.15, -0.1) is 0 Å². The Morgan fingerprint density at radius 2 is 1.88 bits per heavy atom. The minimum atomic E-state index is -4.74. The molecular weight excluding hydrogens is 577 g/mol. The molecule has 5 heterocycles. The molecule has 43 heavy (non-hydrogen) atoms. The van der Waals surface area contributed by atoms with Crippen LogP contribution in [-0.4, -0.2) is 95.8 Å². The van der Waals surface area contributed by atoms with Gasteiger partial charge < -0.3 is 34.0 Å². The number of aromatic nitrogens is 4. The maximum atomic E-state index is 13.3. The zero-order valence-electron chi connectivity index (χ0n) is 22.6. The molecule has 0 radical (unpaired) electrons. The topological polar surface area (TPSA) is 156 Å². The number of aromatic hydroxyl groups is 1. The first kappa shape index (κ1) is 28.4. The normalized spacial score (nSPS) is 21.0. The molecule has 4 aromatic rings. The van der Waals surface area contributed by atoms with Gasteiger partial charge in [-0.3, -0.25) is 14.0 Å². The van der Waals surface area contributed by atoms with Crippen LogP contribution in [0, 0.1) is 0 Å². The van der Waals surface area contributed by atoms with E-state index in [4.69, 9.17) is 9.47 Å².